The van der Waals surface area contributed by atoms with Gasteiger partial charge in [0.05, 0.1) is 11.3 Å². The maximum Gasteiger partial charge on any atom is 0.304 e. The van der Waals surface area contributed by atoms with Crippen LogP contribution in [0.2, 0.25) is 0 Å². The summed E-state index contributed by atoms with van der Waals surface area (Å²) in [5.74, 6) is -1.64. The lowest BCUT2D eigenvalue weighted by atomic mass is 10.3. The highest BCUT2D eigenvalue weighted by molar-refractivity contribution is 7.89. The molecule has 0 aliphatic heterocycles. The van der Waals surface area contributed by atoms with Crippen LogP contribution >= 0.6 is 0 Å². The highest BCUT2D eigenvalue weighted by Gasteiger charge is 2.18. The number of carboxylic acids is 1. The van der Waals surface area contributed by atoms with E-state index in [1.54, 1.807) is 0 Å². The van der Waals surface area contributed by atoms with Crippen LogP contribution in [-0.4, -0.2) is 25.5 Å². The van der Waals surface area contributed by atoms with Crippen molar-refractivity contribution in [3.8, 4) is 0 Å². The molecular weight excluding hydrogens is 249 g/mol. The average molecular weight is 261 g/mol. The van der Waals surface area contributed by atoms with E-state index in [1.807, 2.05) is 0 Å². The number of benzene rings is 1. The number of nitrogens with one attached hydrogen (secondary N) is 1. The zero-order chi connectivity index (χ0) is 13.1. The van der Waals surface area contributed by atoms with E-state index in [0.29, 0.717) is 0 Å². The van der Waals surface area contributed by atoms with Crippen LogP contribution in [0.3, 0.4) is 0 Å². The predicted octanol–water partition coefficient (Wildman–Crippen LogP) is 0.967. The maximum absolute atomic E-state index is 12.6. The molecule has 0 saturated carbocycles. The zero-order valence-corrected chi connectivity index (χ0v) is 9.87. The van der Waals surface area contributed by atoms with E-state index in [9.17, 15) is 17.6 Å². The van der Waals surface area contributed by atoms with Crippen molar-refractivity contribution in [3.63, 3.8) is 0 Å². The number of halogens is 1. The molecule has 94 valence electrons. The summed E-state index contributed by atoms with van der Waals surface area (Å²) >= 11 is 0. The molecule has 1 rings (SSSR count). The Morgan fingerprint density at radius 3 is 2.41 bits per heavy atom. The Kier molecular flexibility index (Phi) is 4.19. The van der Waals surface area contributed by atoms with Crippen LogP contribution < -0.4 is 4.72 Å². The van der Waals surface area contributed by atoms with Crippen molar-refractivity contribution >= 4 is 16.0 Å². The minimum Gasteiger partial charge on any atom is -0.481 e. The highest BCUT2D eigenvalue weighted by Crippen LogP contribution is 2.10. The first-order chi connectivity index (χ1) is 7.81. The van der Waals surface area contributed by atoms with Gasteiger partial charge >= 0.3 is 5.97 Å². The summed E-state index contributed by atoms with van der Waals surface area (Å²) in [7, 11) is -3.80. The number of aliphatic carboxylic acids is 1. The van der Waals surface area contributed by atoms with Gasteiger partial charge in [-0.1, -0.05) is 0 Å². The van der Waals surface area contributed by atoms with Gasteiger partial charge in [0.15, 0.2) is 0 Å². The van der Waals surface area contributed by atoms with Crippen LogP contribution in [0.5, 0.6) is 0 Å². The molecule has 17 heavy (non-hydrogen) atoms. The molecule has 0 spiro atoms. The first-order valence-electron chi connectivity index (χ1n) is 4.81. The van der Waals surface area contributed by atoms with E-state index in [4.69, 9.17) is 5.11 Å². The molecule has 7 heteroatoms. The Morgan fingerprint density at radius 2 is 1.94 bits per heavy atom. The lowest BCUT2D eigenvalue weighted by molar-refractivity contribution is -0.137. The minimum absolute atomic E-state index is 0.101. The Morgan fingerprint density at radius 1 is 1.41 bits per heavy atom. The normalized spacial score (nSPS) is 13.3. The van der Waals surface area contributed by atoms with E-state index in [0.717, 1.165) is 24.3 Å². The van der Waals surface area contributed by atoms with Crippen LogP contribution in [0, 0.1) is 5.82 Å². The van der Waals surface area contributed by atoms with Gasteiger partial charge in [-0.3, -0.25) is 4.79 Å². The topological polar surface area (TPSA) is 83.5 Å². The van der Waals surface area contributed by atoms with Crippen molar-refractivity contribution < 1.29 is 22.7 Å². The van der Waals surface area contributed by atoms with Crippen molar-refractivity contribution in [1.29, 1.82) is 0 Å². The molecule has 1 aromatic rings. The van der Waals surface area contributed by atoms with Crippen molar-refractivity contribution in [1.82, 2.24) is 4.72 Å². The third-order valence-corrected chi connectivity index (χ3v) is 3.57. The van der Waals surface area contributed by atoms with E-state index in [-0.39, 0.29) is 11.3 Å². The molecule has 2 N–H and O–H groups in total. The summed E-state index contributed by atoms with van der Waals surface area (Å²) in [6.45, 7) is 1.44. The fourth-order valence-corrected chi connectivity index (χ4v) is 2.49. The van der Waals surface area contributed by atoms with Crippen LogP contribution in [0.4, 0.5) is 4.39 Å². The second-order valence-corrected chi connectivity index (χ2v) is 5.29. The van der Waals surface area contributed by atoms with Crippen molar-refractivity contribution in [2.45, 2.75) is 24.3 Å². The van der Waals surface area contributed by atoms with Crippen LogP contribution in [0.1, 0.15) is 13.3 Å². The summed E-state index contributed by atoms with van der Waals surface area (Å²) in [4.78, 5) is 10.3. The first-order valence-corrected chi connectivity index (χ1v) is 6.29. The molecule has 0 radical (unpaired) electrons. The summed E-state index contributed by atoms with van der Waals surface area (Å²) in [6.07, 6.45) is -0.319. The summed E-state index contributed by atoms with van der Waals surface area (Å²) in [5.41, 5.74) is 0. The fourth-order valence-electron chi connectivity index (χ4n) is 1.25. The molecule has 1 atom stereocenters. The summed E-state index contributed by atoms with van der Waals surface area (Å²) in [5, 5.41) is 8.50. The molecular formula is C10H12FNO4S. The van der Waals surface area contributed by atoms with Gasteiger partial charge in [-0.2, -0.15) is 0 Å². The molecule has 0 fully saturated rings. The first kappa shape index (κ1) is 13.6. The van der Waals surface area contributed by atoms with E-state index in [1.165, 1.54) is 6.92 Å². The molecule has 0 amide bonds. The average Bonchev–Trinajstić information content (AvgIpc) is 2.15. The Labute approximate surface area is 98.3 Å². The van der Waals surface area contributed by atoms with Crippen molar-refractivity contribution in [2.24, 2.45) is 0 Å². The number of carbonyl (C=O) groups is 1. The second-order valence-electron chi connectivity index (χ2n) is 3.57. The third-order valence-electron chi connectivity index (χ3n) is 1.96. The smallest absolute Gasteiger partial charge is 0.304 e. The monoisotopic (exact) mass is 261 g/mol. The van der Waals surface area contributed by atoms with E-state index >= 15 is 0 Å². The Bertz CT molecular complexity index is 498. The number of rotatable bonds is 5. The molecule has 0 aromatic heterocycles. The fraction of sp³-hybridized carbons (Fsp3) is 0.300. The largest absolute Gasteiger partial charge is 0.481 e. The number of hydrogen-bond acceptors (Lipinski definition) is 3. The maximum atomic E-state index is 12.6. The van der Waals surface area contributed by atoms with Gasteiger partial charge in [-0.05, 0) is 31.2 Å². The van der Waals surface area contributed by atoms with Crippen LogP contribution in [-0.2, 0) is 14.8 Å². The Balaban J connectivity index is 2.82. The summed E-state index contributed by atoms with van der Waals surface area (Å²) in [6, 6.07) is 3.55. The van der Waals surface area contributed by atoms with E-state index in [2.05, 4.69) is 4.72 Å². The van der Waals surface area contributed by atoms with Gasteiger partial charge in [0.25, 0.3) is 0 Å². The van der Waals surface area contributed by atoms with Gasteiger partial charge in [-0.25, -0.2) is 17.5 Å². The van der Waals surface area contributed by atoms with Crippen LogP contribution in [0.25, 0.3) is 0 Å². The van der Waals surface area contributed by atoms with Gasteiger partial charge in [-0.15, -0.1) is 0 Å². The predicted molar refractivity (Wildman–Crippen MR) is 58.4 cm³/mol. The lowest BCUT2D eigenvalue weighted by Crippen LogP contribution is -2.34. The standard InChI is InChI=1S/C10H12FNO4S/c1-7(6-10(13)14)12-17(15,16)9-4-2-8(11)3-5-9/h2-5,7,12H,6H2,1H3,(H,13,14). The van der Waals surface area contributed by atoms with E-state index < -0.39 is 27.9 Å². The molecule has 0 aliphatic carbocycles. The van der Waals surface area contributed by atoms with Gasteiger partial charge < -0.3 is 5.11 Å². The lowest BCUT2D eigenvalue weighted by Gasteiger charge is -2.11. The molecule has 0 aliphatic rings. The van der Waals surface area contributed by atoms with Gasteiger partial charge in [0.1, 0.15) is 5.82 Å². The second kappa shape index (κ2) is 5.24. The molecule has 1 unspecified atom stereocenters. The molecule has 1 aromatic carbocycles. The number of sulfonamides is 1. The third kappa shape index (κ3) is 4.12. The minimum atomic E-state index is -3.80. The zero-order valence-electron chi connectivity index (χ0n) is 9.05. The van der Waals surface area contributed by atoms with Crippen molar-refractivity contribution in [2.75, 3.05) is 0 Å². The number of carboxylic acid groups (broad SMARTS) is 1. The van der Waals surface area contributed by atoms with Crippen molar-refractivity contribution in [3.05, 3.63) is 30.1 Å². The Hall–Kier alpha value is -1.47. The van der Waals surface area contributed by atoms with Crippen LogP contribution in [0.15, 0.2) is 29.2 Å². The molecule has 0 saturated heterocycles. The number of hydrogen-bond donors (Lipinski definition) is 2. The molecule has 5 nitrogen and oxygen atoms in total. The summed E-state index contributed by atoms with van der Waals surface area (Å²) < 4.78 is 38.2. The highest BCUT2D eigenvalue weighted by atomic mass is 32.2. The van der Waals surface area contributed by atoms with Gasteiger partial charge in [0, 0.05) is 6.04 Å². The molecule has 0 heterocycles. The molecule has 0 bridgehead atoms. The van der Waals surface area contributed by atoms with Gasteiger partial charge in [0.2, 0.25) is 10.0 Å². The quantitative estimate of drug-likeness (QED) is 0.827. The SMILES string of the molecule is CC(CC(=O)O)NS(=O)(=O)c1ccc(F)cc1.